The van der Waals surface area contributed by atoms with Crippen molar-refractivity contribution >= 4 is 5.91 Å². The predicted molar refractivity (Wildman–Crippen MR) is 73.0 cm³/mol. The quantitative estimate of drug-likeness (QED) is 0.825. The van der Waals surface area contributed by atoms with Crippen LogP contribution in [0.1, 0.15) is 10.4 Å². The number of rotatable bonds is 4. The molecule has 0 radical (unpaired) electrons. The number of nitrogens with zero attached hydrogens (tertiary/aromatic N) is 1. The number of piperazine rings is 1. The van der Waals surface area contributed by atoms with E-state index < -0.39 is 30.5 Å². The maximum atomic E-state index is 13.1. The van der Waals surface area contributed by atoms with Gasteiger partial charge in [0.15, 0.2) is 0 Å². The molecular formula is C14H17F4N3O. The van der Waals surface area contributed by atoms with Crippen molar-refractivity contribution < 1.29 is 22.4 Å². The molecule has 1 fully saturated rings. The number of benzene rings is 1. The SMILES string of the molecule is O=C(NCC(N1CCNCC1)C(F)(F)F)c1cccc(F)c1. The zero-order valence-electron chi connectivity index (χ0n) is 11.8. The zero-order valence-corrected chi connectivity index (χ0v) is 11.8. The molecule has 4 nitrogen and oxygen atoms in total. The molecule has 22 heavy (non-hydrogen) atoms. The Labute approximate surface area is 125 Å². The number of hydrogen-bond acceptors (Lipinski definition) is 3. The molecular weight excluding hydrogens is 302 g/mol. The van der Waals surface area contributed by atoms with Gasteiger partial charge in [-0.1, -0.05) is 6.07 Å². The minimum absolute atomic E-state index is 0.00114. The maximum absolute atomic E-state index is 13.1. The van der Waals surface area contributed by atoms with Crippen LogP contribution in [0.5, 0.6) is 0 Å². The third-order valence-electron chi connectivity index (χ3n) is 3.51. The fraction of sp³-hybridized carbons (Fsp3) is 0.500. The molecule has 1 saturated heterocycles. The van der Waals surface area contributed by atoms with Crippen LogP contribution in [-0.4, -0.2) is 55.7 Å². The van der Waals surface area contributed by atoms with Crippen LogP contribution in [0.2, 0.25) is 0 Å². The van der Waals surface area contributed by atoms with Gasteiger partial charge in [0.1, 0.15) is 11.9 Å². The average molecular weight is 319 g/mol. The summed E-state index contributed by atoms with van der Waals surface area (Å²) in [6.45, 7) is 0.924. The molecule has 0 aliphatic carbocycles. The van der Waals surface area contributed by atoms with E-state index in [1.807, 2.05) is 0 Å². The van der Waals surface area contributed by atoms with E-state index in [1.54, 1.807) is 0 Å². The smallest absolute Gasteiger partial charge is 0.350 e. The van der Waals surface area contributed by atoms with Crippen molar-refractivity contribution in [2.24, 2.45) is 0 Å². The van der Waals surface area contributed by atoms with E-state index in [0.717, 1.165) is 12.1 Å². The highest BCUT2D eigenvalue weighted by molar-refractivity contribution is 5.94. The lowest BCUT2D eigenvalue weighted by atomic mass is 10.1. The molecule has 0 saturated carbocycles. The van der Waals surface area contributed by atoms with Crippen LogP contribution in [0.25, 0.3) is 0 Å². The third kappa shape index (κ3) is 4.41. The standard InChI is InChI=1S/C14H17F4N3O/c15-11-3-1-2-10(8-11)13(22)20-9-12(14(16,17)18)21-6-4-19-5-7-21/h1-3,8,12,19H,4-7,9H2,(H,20,22). The Balaban J connectivity index is 2.00. The molecule has 1 heterocycles. The van der Waals surface area contributed by atoms with Crippen molar-refractivity contribution in [3.63, 3.8) is 0 Å². The topological polar surface area (TPSA) is 44.4 Å². The summed E-state index contributed by atoms with van der Waals surface area (Å²) in [6, 6.07) is 3.10. The van der Waals surface area contributed by atoms with Gasteiger partial charge in [-0.2, -0.15) is 13.2 Å². The lowest BCUT2D eigenvalue weighted by molar-refractivity contribution is -0.183. The number of alkyl halides is 3. The van der Waals surface area contributed by atoms with E-state index in [1.165, 1.54) is 17.0 Å². The highest BCUT2D eigenvalue weighted by Crippen LogP contribution is 2.24. The first-order valence-electron chi connectivity index (χ1n) is 6.93. The molecule has 0 aromatic heterocycles. The molecule has 122 valence electrons. The lowest BCUT2D eigenvalue weighted by Crippen LogP contribution is -2.57. The Kier molecular flexibility index (Phi) is 5.36. The van der Waals surface area contributed by atoms with Crippen LogP contribution >= 0.6 is 0 Å². The Morgan fingerprint density at radius 2 is 2.00 bits per heavy atom. The average Bonchev–Trinajstić information content (AvgIpc) is 2.47. The summed E-state index contributed by atoms with van der Waals surface area (Å²) < 4.78 is 52.5. The Morgan fingerprint density at radius 3 is 2.59 bits per heavy atom. The molecule has 1 atom stereocenters. The second-order valence-electron chi connectivity index (χ2n) is 5.06. The van der Waals surface area contributed by atoms with Crippen LogP contribution in [0.3, 0.4) is 0 Å². The van der Waals surface area contributed by atoms with Crippen LogP contribution in [-0.2, 0) is 0 Å². The Hall–Kier alpha value is -1.67. The van der Waals surface area contributed by atoms with E-state index in [2.05, 4.69) is 10.6 Å². The predicted octanol–water partition coefficient (Wildman–Crippen LogP) is 1.39. The second-order valence-corrected chi connectivity index (χ2v) is 5.06. The van der Waals surface area contributed by atoms with Crippen molar-refractivity contribution in [3.05, 3.63) is 35.6 Å². The minimum atomic E-state index is -4.44. The van der Waals surface area contributed by atoms with Crippen molar-refractivity contribution in [1.29, 1.82) is 0 Å². The summed E-state index contributed by atoms with van der Waals surface area (Å²) in [4.78, 5) is 13.1. The van der Waals surface area contributed by atoms with Gasteiger partial charge in [0.25, 0.3) is 5.91 Å². The first-order chi connectivity index (χ1) is 10.4. The van der Waals surface area contributed by atoms with Gasteiger partial charge in [0, 0.05) is 38.3 Å². The fourth-order valence-corrected chi connectivity index (χ4v) is 2.37. The molecule has 1 aromatic carbocycles. The molecule has 1 unspecified atom stereocenters. The van der Waals surface area contributed by atoms with Crippen molar-refractivity contribution in [2.45, 2.75) is 12.2 Å². The van der Waals surface area contributed by atoms with Gasteiger partial charge in [0.2, 0.25) is 0 Å². The van der Waals surface area contributed by atoms with E-state index in [-0.39, 0.29) is 18.7 Å². The first-order valence-corrected chi connectivity index (χ1v) is 6.93. The van der Waals surface area contributed by atoms with Crippen molar-refractivity contribution in [2.75, 3.05) is 32.7 Å². The largest absolute Gasteiger partial charge is 0.405 e. The number of carbonyl (C=O) groups is 1. The van der Waals surface area contributed by atoms with Crippen LogP contribution < -0.4 is 10.6 Å². The van der Waals surface area contributed by atoms with E-state index in [4.69, 9.17) is 0 Å². The number of hydrogen-bond donors (Lipinski definition) is 2. The molecule has 0 spiro atoms. The molecule has 0 bridgehead atoms. The molecule has 1 aliphatic heterocycles. The Morgan fingerprint density at radius 1 is 1.32 bits per heavy atom. The lowest BCUT2D eigenvalue weighted by Gasteiger charge is -2.35. The monoisotopic (exact) mass is 319 g/mol. The molecule has 8 heteroatoms. The van der Waals surface area contributed by atoms with Gasteiger partial charge in [-0.3, -0.25) is 9.69 Å². The van der Waals surface area contributed by atoms with E-state index >= 15 is 0 Å². The van der Waals surface area contributed by atoms with Crippen LogP contribution in [0, 0.1) is 5.82 Å². The molecule has 2 N–H and O–H groups in total. The van der Waals surface area contributed by atoms with E-state index in [9.17, 15) is 22.4 Å². The number of amides is 1. The van der Waals surface area contributed by atoms with E-state index in [0.29, 0.717) is 13.1 Å². The molecule has 1 aromatic rings. The number of nitrogens with one attached hydrogen (secondary N) is 2. The van der Waals surface area contributed by atoms with Gasteiger partial charge in [-0.15, -0.1) is 0 Å². The van der Waals surface area contributed by atoms with Crippen LogP contribution in [0.4, 0.5) is 17.6 Å². The summed E-state index contributed by atoms with van der Waals surface area (Å²) in [5.74, 6) is -1.33. The summed E-state index contributed by atoms with van der Waals surface area (Å²) in [6.07, 6.45) is -4.44. The van der Waals surface area contributed by atoms with Gasteiger partial charge in [-0.25, -0.2) is 4.39 Å². The zero-order chi connectivity index (χ0) is 16.2. The van der Waals surface area contributed by atoms with Gasteiger partial charge in [-0.05, 0) is 18.2 Å². The summed E-state index contributed by atoms with van der Waals surface area (Å²) in [5, 5.41) is 5.22. The van der Waals surface area contributed by atoms with Gasteiger partial charge < -0.3 is 10.6 Å². The fourth-order valence-electron chi connectivity index (χ4n) is 2.37. The summed E-state index contributed by atoms with van der Waals surface area (Å²) >= 11 is 0. The van der Waals surface area contributed by atoms with Gasteiger partial charge >= 0.3 is 6.18 Å². The molecule has 2 rings (SSSR count). The molecule has 1 amide bonds. The summed E-state index contributed by atoms with van der Waals surface area (Å²) in [5.41, 5.74) is 0.00114. The second kappa shape index (κ2) is 7.06. The minimum Gasteiger partial charge on any atom is -0.350 e. The van der Waals surface area contributed by atoms with Crippen molar-refractivity contribution in [1.82, 2.24) is 15.5 Å². The number of carbonyl (C=O) groups excluding carboxylic acids is 1. The Bertz CT molecular complexity index is 515. The summed E-state index contributed by atoms with van der Waals surface area (Å²) in [7, 11) is 0. The first kappa shape index (κ1) is 16.7. The number of halogens is 4. The van der Waals surface area contributed by atoms with Crippen LogP contribution in [0.15, 0.2) is 24.3 Å². The highest BCUT2D eigenvalue weighted by atomic mass is 19.4. The maximum Gasteiger partial charge on any atom is 0.405 e. The molecule has 1 aliphatic rings. The van der Waals surface area contributed by atoms with Crippen molar-refractivity contribution in [3.8, 4) is 0 Å². The third-order valence-corrected chi connectivity index (χ3v) is 3.51. The highest BCUT2D eigenvalue weighted by Gasteiger charge is 2.43. The van der Waals surface area contributed by atoms with Gasteiger partial charge in [0.05, 0.1) is 0 Å². The normalized spacial score (nSPS) is 18.0.